The second kappa shape index (κ2) is 3.70. The Morgan fingerprint density at radius 3 is 2.10 bits per heavy atom. The van der Waals surface area contributed by atoms with E-state index in [1.807, 2.05) is 6.08 Å². The van der Waals surface area contributed by atoms with Gasteiger partial charge in [0.2, 0.25) is 0 Å². The Morgan fingerprint density at radius 1 is 1.50 bits per heavy atom. The van der Waals surface area contributed by atoms with E-state index in [9.17, 15) is 0 Å². The van der Waals surface area contributed by atoms with Crippen LogP contribution in [0.25, 0.3) is 0 Å². The average molecular weight is 168 g/mol. The molecule has 0 aliphatic heterocycles. The van der Waals surface area contributed by atoms with Crippen LogP contribution in [-0.2, 0) is 0 Å². The van der Waals surface area contributed by atoms with Crippen LogP contribution < -0.4 is 0 Å². The van der Waals surface area contributed by atoms with Gasteiger partial charge in [0.15, 0.2) is 0 Å². The fourth-order valence-corrected chi connectivity index (χ4v) is 2.32. The number of thiocarbonyl (C=S) groups is 1. The van der Waals surface area contributed by atoms with Gasteiger partial charge in [0, 0.05) is 0 Å². The molecule has 10 heavy (non-hydrogen) atoms. The second-order valence-electron chi connectivity index (χ2n) is 3.11. The lowest BCUT2D eigenvalue weighted by Gasteiger charge is -2.13. The summed E-state index contributed by atoms with van der Waals surface area (Å²) >= 11 is 4.74. The molecule has 0 aromatic carbocycles. The van der Waals surface area contributed by atoms with Crippen LogP contribution in [0.4, 0.5) is 0 Å². The Morgan fingerprint density at radius 2 is 2.00 bits per heavy atom. The summed E-state index contributed by atoms with van der Waals surface area (Å²) in [6, 6.07) is 0. The van der Waals surface area contributed by atoms with Crippen molar-refractivity contribution in [3.63, 3.8) is 0 Å². The summed E-state index contributed by atoms with van der Waals surface area (Å²) in [5, 5.41) is 3.86. The predicted molar refractivity (Wildman–Crippen MR) is 53.2 cm³/mol. The number of allylic oxidation sites excluding steroid dienone is 2. The van der Waals surface area contributed by atoms with Crippen LogP contribution in [0.1, 0.15) is 0 Å². The summed E-state index contributed by atoms with van der Waals surface area (Å²) in [6.45, 7) is 10.1. The van der Waals surface area contributed by atoms with Gasteiger partial charge in [0.1, 0.15) is 0 Å². The highest BCUT2D eigenvalue weighted by Crippen LogP contribution is 2.11. The highest BCUT2D eigenvalue weighted by Gasteiger charge is 2.16. The van der Waals surface area contributed by atoms with Crippen LogP contribution in [0.3, 0.4) is 0 Å². The third kappa shape index (κ3) is 2.95. The second-order valence-corrected chi connectivity index (χ2v) is 8.36. The van der Waals surface area contributed by atoms with Crippen LogP contribution in [0, 0.1) is 0 Å². The van der Waals surface area contributed by atoms with E-state index in [1.165, 1.54) is 0 Å². The van der Waals surface area contributed by atoms with E-state index in [0.29, 0.717) is 0 Å². The van der Waals surface area contributed by atoms with Gasteiger partial charge >= 0.3 is 0 Å². The number of hydrogen-bond acceptors (Lipinski definition) is 1. The molecule has 0 amide bonds. The smallest absolute Gasteiger partial charge is 0.0895 e. The van der Waals surface area contributed by atoms with Crippen LogP contribution in [-0.4, -0.2) is 13.1 Å². The predicted octanol–water partition coefficient (Wildman–Crippen LogP) is 2.73. The normalized spacial score (nSPS) is 9.50. The number of rotatable bonds is 2. The molecule has 0 spiro atoms. The van der Waals surface area contributed by atoms with Gasteiger partial charge in [-0.05, 0) is 28.5 Å². The van der Waals surface area contributed by atoms with Crippen LogP contribution in [0.2, 0.25) is 19.6 Å². The largest absolute Gasteiger partial charge is 0.128 e. The zero-order chi connectivity index (χ0) is 8.20. The molecule has 0 fully saturated rings. The van der Waals surface area contributed by atoms with Crippen LogP contribution in [0.15, 0.2) is 23.6 Å². The Bertz CT molecular complexity index is 210. The van der Waals surface area contributed by atoms with E-state index >= 15 is 0 Å². The first-order valence-electron chi connectivity index (χ1n) is 3.14. The van der Waals surface area contributed by atoms with Crippen molar-refractivity contribution in [1.82, 2.24) is 0 Å². The molecule has 0 aliphatic carbocycles. The fourth-order valence-electron chi connectivity index (χ4n) is 0.501. The summed E-state index contributed by atoms with van der Waals surface area (Å²) in [7, 11) is -1.26. The molecule has 0 rings (SSSR count). The van der Waals surface area contributed by atoms with Gasteiger partial charge in [0.05, 0.1) is 8.07 Å². The van der Waals surface area contributed by atoms with E-state index in [0.717, 1.165) is 5.20 Å². The van der Waals surface area contributed by atoms with Crippen LogP contribution >= 0.6 is 12.2 Å². The van der Waals surface area contributed by atoms with E-state index in [2.05, 4.69) is 37.0 Å². The Hall–Kier alpha value is -0.393. The molecule has 0 N–H and O–H groups in total. The van der Waals surface area contributed by atoms with Gasteiger partial charge < -0.3 is 0 Å². The maximum atomic E-state index is 4.74. The molecule has 0 heterocycles. The first-order chi connectivity index (χ1) is 4.52. The van der Waals surface area contributed by atoms with Crippen molar-refractivity contribution in [2.45, 2.75) is 19.6 Å². The van der Waals surface area contributed by atoms with Crippen molar-refractivity contribution in [2.75, 3.05) is 0 Å². The maximum Gasteiger partial charge on any atom is 0.0895 e. The minimum absolute atomic E-state index is 1.11. The quantitative estimate of drug-likeness (QED) is 0.264. The van der Waals surface area contributed by atoms with Crippen molar-refractivity contribution in [2.24, 2.45) is 0 Å². The topological polar surface area (TPSA) is 0 Å². The maximum absolute atomic E-state index is 4.74. The van der Waals surface area contributed by atoms with Gasteiger partial charge in [0.25, 0.3) is 0 Å². The minimum Gasteiger partial charge on any atom is -0.128 e. The first-order valence-corrected chi connectivity index (χ1v) is 7.04. The first kappa shape index (κ1) is 9.61. The molecule has 2 heteroatoms. The molecule has 0 bridgehead atoms. The third-order valence-corrected chi connectivity index (χ3v) is 3.45. The Balaban J connectivity index is 4.73. The van der Waals surface area contributed by atoms with Gasteiger partial charge in [-0.1, -0.05) is 26.2 Å². The van der Waals surface area contributed by atoms with Crippen molar-refractivity contribution in [1.29, 1.82) is 0 Å². The molecular weight excluding hydrogens is 156 g/mol. The lowest BCUT2D eigenvalue weighted by Crippen LogP contribution is -2.22. The molecule has 0 atom stereocenters. The highest BCUT2D eigenvalue weighted by molar-refractivity contribution is 7.78. The molecule has 0 aromatic rings. The molecule has 0 saturated carbocycles. The van der Waals surface area contributed by atoms with Gasteiger partial charge in [-0.15, -0.1) is 5.73 Å². The average Bonchev–Trinajstić information content (AvgIpc) is 1.80. The third-order valence-electron chi connectivity index (χ3n) is 1.16. The zero-order valence-corrected chi connectivity index (χ0v) is 8.51. The van der Waals surface area contributed by atoms with Crippen LogP contribution in [0.5, 0.6) is 0 Å². The number of hydrogen-bond donors (Lipinski definition) is 0. The lowest BCUT2D eigenvalue weighted by atomic mass is 10.6. The van der Waals surface area contributed by atoms with Crippen molar-refractivity contribution >= 4 is 25.3 Å². The summed E-state index contributed by atoms with van der Waals surface area (Å²) in [5.74, 6) is 0. The van der Waals surface area contributed by atoms with Crippen molar-refractivity contribution < 1.29 is 0 Å². The van der Waals surface area contributed by atoms with Crippen molar-refractivity contribution in [3.8, 4) is 0 Å². The lowest BCUT2D eigenvalue weighted by molar-refractivity contribution is 1.70. The monoisotopic (exact) mass is 168 g/mol. The molecule has 0 saturated heterocycles. The molecular formula is C8H12SSi. The Kier molecular flexibility index (Phi) is 3.55. The van der Waals surface area contributed by atoms with E-state index < -0.39 is 8.07 Å². The summed E-state index contributed by atoms with van der Waals surface area (Å²) in [6.07, 6.45) is 1.83. The SMILES string of the molecule is C=C=CC(=C=S)[Si](C)(C)C. The highest BCUT2D eigenvalue weighted by atomic mass is 32.1. The molecule has 54 valence electrons. The minimum atomic E-state index is -1.26. The molecule has 0 aromatic heterocycles. The molecule has 0 aliphatic rings. The van der Waals surface area contributed by atoms with E-state index in [1.54, 1.807) is 0 Å². The standard InChI is InChI=1S/C8H12SSi/c1-5-6-8(7-9)10(2,3)4/h6H,1H2,2-4H3. The zero-order valence-electron chi connectivity index (χ0n) is 6.69. The Labute approximate surface area is 69.0 Å². The van der Waals surface area contributed by atoms with Crippen molar-refractivity contribution in [3.05, 3.63) is 23.6 Å². The van der Waals surface area contributed by atoms with Gasteiger partial charge in [-0.2, -0.15) is 0 Å². The van der Waals surface area contributed by atoms with E-state index in [-0.39, 0.29) is 0 Å². The molecule has 0 nitrogen and oxygen atoms in total. The summed E-state index contributed by atoms with van der Waals surface area (Å²) < 4.78 is 0. The van der Waals surface area contributed by atoms with E-state index in [4.69, 9.17) is 12.2 Å². The summed E-state index contributed by atoms with van der Waals surface area (Å²) in [4.78, 5) is 0. The van der Waals surface area contributed by atoms with Gasteiger partial charge in [-0.3, -0.25) is 0 Å². The summed E-state index contributed by atoms with van der Waals surface area (Å²) in [5.41, 5.74) is 2.72. The van der Waals surface area contributed by atoms with Gasteiger partial charge in [-0.25, -0.2) is 0 Å². The molecule has 0 radical (unpaired) electrons. The fraction of sp³-hybridized carbons (Fsp3) is 0.375. The molecule has 0 unspecified atom stereocenters.